The number of benzene rings is 2. The molecule has 0 radical (unpaired) electrons. The second-order valence-corrected chi connectivity index (χ2v) is 6.36. The van der Waals surface area contributed by atoms with Crippen LogP contribution in [-0.4, -0.2) is 0 Å². The number of unbranched alkanes of at least 4 members (excludes halogenated alkanes) is 1. The highest BCUT2D eigenvalue weighted by Crippen LogP contribution is 2.31. The predicted octanol–water partition coefficient (Wildman–Crippen LogP) is 6.44. The van der Waals surface area contributed by atoms with Crippen LogP contribution in [0, 0.1) is 13.8 Å². The van der Waals surface area contributed by atoms with E-state index in [0.717, 1.165) is 0 Å². The molecule has 0 aliphatic heterocycles. The average Bonchev–Trinajstić information content (AvgIpc) is 2.48. The molecule has 0 unspecified atom stereocenters. The molecule has 2 aromatic carbocycles. The van der Waals surface area contributed by atoms with Crippen LogP contribution in [0.4, 0.5) is 0 Å². The molecular formula is C21H30. The molecule has 21 heavy (non-hydrogen) atoms. The van der Waals surface area contributed by atoms with Gasteiger partial charge in [0.1, 0.15) is 0 Å². The number of hydrogen-bond donors (Lipinski definition) is 0. The van der Waals surface area contributed by atoms with Crippen molar-refractivity contribution in [3.05, 3.63) is 70.8 Å². The number of rotatable bonds is 3. The Morgan fingerprint density at radius 2 is 0.905 bits per heavy atom. The summed E-state index contributed by atoms with van der Waals surface area (Å²) in [5.41, 5.74) is 5.43. The van der Waals surface area contributed by atoms with Crippen LogP contribution in [0.3, 0.4) is 0 Å². The van der Waals surface area contributed by atoms with E-state index in [1.807, 2.05) is 0 Å². The highest BCUT2D eigenvalue weighted by Gasteiger charge is 2.22. The van der Waals surface area contributed by atoms with Crippen LogP contribution >= 0.6 is 0 Å². The van der Waals surface area contributed by atoms with Gasteiger partial charge >= 0.3 is 0 Å². The Labute approximate surface area is 131 Å². The van der Waals surface area contributed by atoms with Gasteiger partial charge in [-0.25, -0.2) is 0 Å². The average molecular weight is 282 g/mol. The monoisotopic (exact) mass is 282 g/mol. The van der Waals surface area contributed by atoms with Crippen LogP contribution in [-0.2, 0) is 5.41 Å². The summed E-state index contributed by atoms with van der Waals surface area (Å²) in [6.07, 6.45) is 2.64. The first kappa shape index (κ1) is 17.5. The third-order valence-corrected chi connectivity index (χ3v) is 4.05. The normalized spacial score (nSPS) is 10.8. The molecule has 0 aromatic heterocycles. The van der Waals surface area contributed by atoms with E-state index in [1.54, 1.807) is 0 Å². The van der Waals surface area contributed by atoms with Crippen LogP contribution in [0.25, 0.3) is 0 Å². The zero-order chi connectivity index (χ0) is 15.9. The topological polar surface area (TPSA) is 0 Å². The maximum absolute atomic E-state index is 2.28. The minimum atomic E-state index is 0.0708. The fourth-order valence-electron chi connectivity index (χ4n) is 2.11. The summed E-state index contributed by atoms with van der Waals surface area (Å²) in [6.45, 7) is 13.2. The largest absolute Gasteiger partial charge is 0.0654 e. The third-order valence-electron chi connectivity index (χ3n) is 4.05. The van der Waals surface area contributed by atoms with Gasteiger partial charge in [0.25, 0.3) is 0 Å². The van der Waals surface area contributed by atoms with E-state index in [-0.39, 0.29) is 5.41 Å². The first-order valence-corrected chi connectivity index (χ1v) is 8.06. The van der Waals surface area contributed by atoms with E-state index in [9.17, 15) is 0 Å². The smallest absolute Gasteiger partial charge is 0.0146 e. The maximum atomic E-state index is 2.28. The van der Waals surface area contributed by atoms with Crippen LogP contribution in [0.15, 0.2) is 48.5 Å². The predicted molar refractivity (Wildman–Crippen MR) is 95.1 cm³/mol. The fourth-order valence-corrected chi connectivity index (χ4v) is 2.11. The summed E-state index contributed by atoms with van der Waals surface area (Å²) >= 11 is 0. The lowest BCUT2D eigenvalue weighted by Gasteiger charge is -2.26. The molecule has 0 saturated carbocycles. The van der Waals surface area contributed by atoms with Crippen molar-refractivity contribution in [2.45, 2.75) is 59.8 Å². The Balaban J connectivity index is 0.000000491. The summed E-state index contributed by atoms with van der Waals surface area (Å²) < 4.78 is 0. The molecule has 0 aliphatic rings. The Morgan fingerprint density at radius 3 is 1.14 bits per heavy atom. The fraction of sp³-hybridized carbons (Fsp3) is 0.429. The molecule has 0 heterocycles. The molecule has 0 aliphatic carbocycles. The molecule has 0 heteroatoms. The van der Waals surface area contributed by atoms with Crippen LogP contribution < -0.4 is 0 Å². The van der Waals surface area contributed by atoms with E-state index >= 15 is 0 Å². The lowest BCUT2D eigenvalue weighted by atomic mass is 9.78. The van der Waals surface area contributed by atoms with E-state index in [1.165, 1.54) is 35.1 Å². The lowest BCUT2D eigenvalue weighted by Crippen LogP contribution is -2.18. The molecule has 0 atom stereocenters. The van der Waals surface area contributed by atoms with Gasteiger partial charge in [0, 0.05) is 5.41 Å². The van der Waals surface area contributed by atoms with Crippen molar-refractivity contribution >= 4 is 0 Å². The maximum Gasteiger partial charge on any atom is 0.0146 e. The molecule has 2 aromatic rings. The standard InChI is InChI=1S/C17H20.C4H10/c1-13-5-9-15(10-6-13)17(3,4)16-11-7-14(2)8-12-16;1-3-4-2/h5-12H,1-4H3;3-4H2,1-2H3. The number of aryl methyl sites for hydroxylation is 2. The van der Waals surface area contributed by atoms with E-state index < -0.39 is 0 Å². The van der Waals surface area contributed by atoms with E-state index in [4.69, 9.17) is 0 Å². The van der Waals surface area contributed by atoms with Gasteiger partial charge in [0.15, 0.2) is 0 Å². The quantitative estimate of drug-likeness (QED) is 0.608. The van der Waals surface area contributed by atoms with Crippen molar-refractivity contribution in [3.63, 3.8) is 0 Å². The summed E-state index contributed by atoms with van der Waals surface area (Å²) in [5, 5.41) is 0. The van der Waals surface area contributed by atoms with Gasteiger partial charge in [0.2, 0.25) is 0 Å². The summed E-state index contributed by atoms with van der Waals surface area (Å²) in [5.74, 6) is 0. The van der Waals surface area contributed by atoms with Gasteiger partial charge in [-0.2, -0.15) is 0 Å². The van der Waals surface area contributed by atoms with Gasteiger partial charge < -0.3 is 0 Å². The van der Waals surface area contributed by atoms with Gasteiger partial charge in [-0.3, -0.25) is 0 Å². The van der Waals surface area contributed by atoms with Crippen molar-refractivity contribution in [2.24, 2.45) is 0 Å². The molecule has 0 nitrogen and oxygen atoms in total. The highest BCUT2D eigenvalue weighted by atomic mass is 14.3. The molecule has 0 fully saturated rings. The zero-order valence-corrected chi connectivity index (χ0v) is 14.5. The van der Waals surface area contributed by atoms with E-state index in [2.05, 4.69) is 90.1 Å². The Kier molecular flexibility index (Phi) is 6.68. The van der Waals surface area contributed by atoms with Crippen molar-refractivity contribution in [1.82, 2.24) is 0 Å². The van der Waals surface area contributed by atoms with Crippen molar-refractivity contribution in [3.8, 4) is 0 Å². The number of hydrogen-bond acceptors (Lipinski definition) is 0. The van der Waals surface area contributed by atoms with Crippen molar-refractivity contribution in [2.75, 3.05) is 0 Å². The second kappa shape index (κ2) is 8.02. The second-order valence-electron chi connectivity index (χ2n) is 6.36. The molecule has 114 valence electrons. The summed E-state index contributed by atoms with van der Waals surface area (Å²) in [4.78, 5) is 0. The highest BCUT2D eigenvalue weighted by molar-refractivity contribution is 5.39. The van der Waals surface area contributed by atoms with Gasteiger partial charge in [-0.05, 0) is 25.0 Å². The molecule has 0 N–H and O–H groups in total. The molecule has 0 saturated heterocycles. The van der Waals surface area contributed by atoms with Crippen molar-refractivity contribution < 1.29 is 0 Å². The zero-order valence-electron chi connectivity index (χ0n) is 14.5. The molecular weight excluding hydrogens is 252 g/mol. The SMILES string of the molecule is CCCC.Cc1ccc(C(C)(C)c2ccc(C)cc2)cc1. The van der Waals surface area contributed by atoms with Crippen LogP contribution in [0.1, 0.15) is 62.8 Å². The summed E-state index contributed by atoms with van der Waals surface area (Å²) in [6, 6.07) is 17.7. The molecule has 0 bridgehead atoms. The Morgan fingerprint density at radius 1 is 0.619 bits per heavy atom. The van der Waals surface area contributed by atoms with Crippen LogP contribution in [0.2, 0.25) is 0 Å². The van der Waals surface area contributed by atoms with Gasteiger partial charge in [-0.1, -0.05) is 100 Å². The minimum absolute atomic E-state index is 0.0708. The van der Waals surface area contributed by atoms with Gasteiger partial charge in [-0.15, -0.1) is 0 Å². The molecule has 0 amide bonds. The Hall–Kier alpha value is -1.56. The minimum Gasteiger partial charge on any atom is -0.0654 e. The summed E-state index contributed by atoms with van der Waals surface area (Å²) in [7, 11) is 0. The van der Waals surface area contributed by atoms with Gasteiger partial charge in [0.05, 0.1) is 0 Å². The lowest BCUT2D eigenvalue weighted by molar-refractivity contribution is 0.640. The first-order chi connectivity index (χ1) is 9.91. The third kappa shape index (κ3) is 5.04. The Bertz CT molecular complexity index is 465. The molecule has 0 spiro atoms. The van der Waals surface area contributed by atoms with Crippen molar-refractivity contribution in [1.29, 1.82) is 0 Å². The first-order valence-electron chi connectivity index (χ1n) is 8.06. The van der Waals surface area contributed by atoms with Crippen LogP contribution in [0.5, 0.6) is 0 Å². The molecule has 2 rings (SSSR count). The van der Waals surface area contributed by atoms with E-state index in [0.29, 0.717) is 0 Å².